The van der Waals surface area contributed by atoms with E-state index in [1.807, 2.05) is 11.0 Å². The summed E-state index contributed by atoms with van der Waals surface area (Å²) in [5, 5.41) is 9.27. The molecule has 0 bridgehead atoms. The van der Waals surface area contributed by atoms with Gasteiger partial charge in [0.05, 0.1) is 18.0 Å². The lowest BCUT2D eigenvalue weighted by Gasteiger charge is -2.39. The van der Waals surface area contributed by atoms with Crippen LogP contribution in [0.2, 0.25) is 0 Å². The zero-order valence-corrected chi connectivity index (χ0v) is 13.3. The molecule has 0 unspecified atom stereocenters. The molecule has 0 aliphatic heterocycles. The summed E-state index contributed by atoms with van der Waals surface area (Å²) in [5.41, 5.74) is 7.07. The topological polar surface area (TPSA) is 86.9 Å². The van der Waals surface area contributed by atoms with E-state index in [2.05, 4.69) is 0 Å². The van der Waals surface area contributed by atoms with E-state index < -0.39 is 10.0 Å². The molecule has 2 rings (SSSR count). The lowest BCUT2D eigenvalue weighted by molar-refractivity contribution is 0.284. The normalized spacial score (nSPS) is 16.0. The maximum Gasteiger partial charge on any atom is 0.244 e. The lowest BCUT2D eigenvalue weighted by Crippen LogP contribution is -2.42. The van der Waals surface area contributed by atoms with Crippen molar-refractivity contribution in [1.82, 2.24) is 4.31 Å². The highest BCUT2D eigenvalue weighted by molar-refractivity contribution is 7.89. The number of rotatable bonds is 6. The number of hydrogen-bond donors (Lipinski definition) is 2. The number of nitrogen functional groups attached to an aromatic ring is 1. The van der Waals surface area contributed by atoms with E-state index >= 15 is 0 Å². The van der Waals surface area contributed by atoms with Crippen LogP contribution in [-0.4, -0.2) is 51.1 Å². The first-order chi connectivity index (χ1) is 9.89. The van der Waals surface area contributed by atoms with E-state index in [0.717, 1.165) is 23.6 Å². The number of aliphatic hydroxyl groups is 1. The fraction of sp³-hybridized carbons (Fsp3) is 0.571. The Morgan fingerprint density at radius 1 is 1.33 bits per heavy atom. The third-order valence-corrected chi connectivity index (χ3v) is 5.84. The Balaban J connectivity index is 2.45. The maximum atomic E-state index is 12.3. The predicted octanol–water partition coefficient (Wildman–Crippen LogP) is 0.870. The van der Waals surface area contributed by atoms with E-state index in [9.17, 15) is 13.5 Å². The minimum absolute atomic E-state index is 0.0145. The first-order valence-electron chi connectivity index (χ1n) is 7.08. The zero-order chi connectivity index (χ0) is 15.6. The fourth-order valence-corrected chi connectivity index (χ4v) is 3.54. The van der Waals surface area contributed by atoms with Crippen molar-refractivity contribution < 1.29 is 13.5 Å². The van der Waals surface area contributed by atoms with Crippen LogP contribution in [0.25, 0.3) is 0 Å². The van der Waals surface area contributed by atoms with Crippen LogP contribution in [0, 0.1) is 0 Å². The number of para-hydroxylation sites is 1. The molecule has 1 aromatic carbocycles. The quantitative estimate of drug-likeness (QED) is 0.761. The highest BCUT2D eigenvalue weighted by atomic mass is 32.2. The summed E-state index contributed by atoms with van der Waals surface area (Å²) in [5.74, 6) is 0. The summed E-state index contributed by atoms with van der Waals surface area (Å²) in [4.78, 5) is 2.14. The van der Waals surface area contributed by atoms with E-state index in [0.29, 0.717) is 18.3 Å². The summed E-state index contributed by atoms with van der Waals surface area (Å²) in [6, 6.07) is 5.37. The third kappa shape index (κ3) is 3.00. The molecule has 1 aromatic rings. The van der Waals surface area contributed by atoms with Gasteiger partial charge in [-0.15, -0.1) is 0 Å². The van der Waals surface area contributed by atoms with E-state index in [4.69, 9.17) is 5.73 Å². The fourth-order valence-electron chi connectivity index (χ4n) is 2.51. The van der Waals surface area contributed by atoms with Crippen molar-refractivity contribution in [2.45, 2.75) is 30.2 Å². The van der Waals surface area contributed by atoms with Gasteiger partial charge in [-0.3, -0.25) is 0 Å². The highest BCUT2D eigenvalue weighted by Crippen LogP contribution is 2.36. The van der Waals surface area contributed by atoms with Crippen LogP contribution in [-0.2, 0) is 10.0 Å². The molecule has 0 spiro atoms. The second-order valence-electron chi connectivity index (χ2n) is 5.48. The number of benzene rings is 1. The van der Waals surface area contributed by atoms with Crippen molar-refractivity contribution in [3.05, 3.63) is 18.2 Å². The third-order valence-electron chi connectivity index (χ3n) is 3.97. The maximum absolute atomic E-state index is 12.3. The van der Waals surface area contributed by atoms with Crippen LogP contribution in [0.4, 0.5) is 11.4 Å². The molecule has 0 saturated heterocycles. The second kappa shape index (κ2) is 6.21. The van der Waals surface area contributed by atoms with Crippen molar-refractivity contribution in [2.24, 2.45) is 0 Å². The van der Waals surface area contributed by atoms with Gasteiger partial charge in [-0.05, 0) is 31.4 Å². The Labute approximate surface area is 126 Å². The Bertz CT molecular complexity index is 597. The van der Waals surface area contributed by atoms with Crippen LogP contribution >= 0.6 is 0 Å². The molecule has 3 N–H and O–H groups in total. The van der Waals surface area contributed by atoms with E-state index in [1.165, 1.54) is 20.2 Å². The van der Waals surface area contributed by atoms with Crippen molar-refractivity contribution in [2.75, 3.05) is 37.9 Å². The van der Waals surface area contributed by atoms with E-state index in [1.54, 1.807) is 6.07 Å². The molecule has 7 heteroatoms. The molecule has 0 atom stereocenters. The summed E-state index contributed by atoms with van der Waals surface area (Å²) >= 11 is 0. The largest absolute Gasteiger partial charge is 0.396 e. The molecule has 6 nitrogen and oxygen atoms in total. The molecule has 118 valence electrons. The number of hydrogen-bond acceptors (Lipinski definition) is 5. The van der Waals surface area contributed by atoms with Gasteiger partial charge in [-0.1, -0.05) is 6.07 Å². The van der Waals surface area contributed by atoms with Crippen molar-refractivity contribution in [3.8, 4) is 0 Å². The van der Waals surface area contributed by atoms with Gasteiger partial charge in [-0.25, -0.2) is 12.7 Å². The molecule has 1 fully saturated rings. The smallest absolute Gasteiger partial charge is 0.244 e. The molecule has 1 aliphatic rings. The second-order valence-corrected chi connectivity index (χ2v) is 7.60. The SMILES string of the molecule is CN(C)S(=O)(=O)c1cccc(N(CCO)C2CCC2)c1N. The Kier molecular flexibility index (Phi) is 4.75. The molecule has 0 amide bonds. The minimum Gasteiger partial charge on any atom is -0.396 e. The van der Waals surface area contributed by atoms with Gasteiger partial charge in [0, 0.05) is 26.7 Å². The van der Waals surface area contributed by atoms with E-state index in [-0.39, 0.29) is 17.2 Å². The van der Waals surface area contributed by atoms with Gasteiger partial charge >= 0.3 is 0 Å². The van der Waals surface area contributed by atoms with Gasteiger partial charge in [-0.2, -0.15) is 0 Å². The summed E-state index contributed by atoms with van der Waals surface area (Å²) in [6.45, 7) is 0.473. The standard InChI is InChI=1S/C14H23N3O3S/c1-16(2)21(19,20)13-8-4-7-12(14(13)15)17(9-10-18)11-5-3-6-11/h4,7-8,11,18H,3,5-6,9-10,15H2,1-2H3. The van der Waals surface area contributed by atoms with Gasteiger partial charge in [0.25, 0.3) is 0 Å². The number of sulfonamides is 1. The zero-order valence-electron chi connectivity index (χ0n) is 12.5. The summed E-state index contributed by atoms with van der Waals surface area (Å²) < 4.78 is 25.8. The number of nitrogens with two attached hydrogens (primary N) is 1. The summed E-state index contributed by atoms with van der Waals surface area (Å²) in [7, 11) is -0.604. The van der Waals surface area contributed by atoms with Crippen LogP contribution < -0.4 is 10.6 Å². The first-order valence-corrected chi connectivity index (χ1v) is 8.52. The van der Waals surface area contributed by atoms with Crippen LogP contribution in [0.3, 0.4) is 0 Å². The average Bonchev–Trinajstić information content (AvgIpc) is 2.36. The van der Waals surface area contributed by atoms with Crippen molar-refractivity contribution in [3.63, 3.8) is 0 Å². The molecular formula is C14H23N3O3S. The minimum atomic E-state index is -3.57. The lowest BCUT2D eigenvalue weighted by atomic mass is 9.91. The van der Waals surface area contributed by atoms with Crippen LogP contribution in [0.15, 0.2) is 23.1 Å². The summed E-state index contributed by atoms with van der Waals surface area (Å²) in [6.07, 6.45) is 3.25. The number of nitrogens with zero attached hydrogens (tertiary/aromatic N) is 2. The average molecular weight is 313 g/mol. The Morgan fingerprint density at radius 3 is 2.48 bits per heavy atom. The van der Waals surface area contributed by atoms with Gasteiger partial charge in [0.1, 0.15) is 4.90 Å². The van der Waals surface area contributed by atoms with Gasteiger partial charge < -0.3 is 15.7 Å². The van der Waals surface area contributed by atoms with Crippen molar-refractivity contribution in [1.29, 1.82) is 0 Å². The van der Waals surface area contributed by atoms with Crippen LogP contribution in [0.1, 0.15) is 19.3 Å². The molecule has 0 heterocycles. The monoisotopic (exact) mass is 313 g/mol. The highest BCUT2D eigenvalue weighted by Gasteiger charge is 2.29. The van der Waals surface area contributed by atoms with Gasteiger partial charge in [0.15, 0.2) is 0 Å². The van der Waals surface area contributed by atoms with Gasteiger partial charge in [0.2, 0.25) is 10.0 Å². The Hall–Kier alpha value is -1.31. The molecule has 1 aliphatic carbocycles. The number of aliphatic hydroxyl groups excluding tert-OH is 1. The molecule has 0 aromatic heterocycles. The molecule has 21 heavy (non-hydrogen) atoms. The predicted molar refractivity (Wildman–Crippen MR) is 83.8 cm³/mol. The van der Waals surface area contributed by atoms with Crippen molar-refractivity contribution >= 4 is 21.4 Å². The van der Waals surface area contributed by atoms with Crippen LogP contribution in [0.5, 0.6) is 0 Å². The Morgan fingerprint density at radius 2 is 2.00 bits per heavy atom. The molecule has 0 radical (unpaired) electrons. The first kappa shape index (κ1) is 16.1. The molecule has 1 saturated carbocycles. The molecular weight excluding hydrogens is 290 g/mol. The number of anilines is 2.